The van der Waals surface area contributed by atoms with Gasteiger partial charge in [-0.2, -0.15) is 4.37 Å². The smallest absolute Gasteiger partial charge is 0.413 e. The van der Waals surface area contributed by atoms with Crippen LogP contribution >= 0.6 is 23.1 Å². The molecule has 0 spiro atoms. The molecule has 2 aliphatic rings. The Bertz CT molecular complexity index is 2340. The van der Waals surface area contributed by atoms with E-state index in [-0.39, 0.29) is 84.5 Å². The number of fused-ring (bicyclic) bond motifs is 1. The summed E-state index contributed by atoms with van der Waals surface area (Å²) in [6.07, 6.45) is -3.44. The minimum Gasteiger partial charge on any atom is -0.481 e. The second-order valence-electron chi connectivity index (χ2n) is 16.3. The highest BCUT2D eigenvalue weighted by atomic mass is 32.3. The minimum absolute atomic E-state index is 0.000565. The van der Waals surface area contributed by atoms with Gasteiger partial charge in [0, 0.05) is 56.4 Å². The lowest BCUT2D eigenvalue weighted by molar-refractivity contribution is -0.166. The van der Waals surface area contributed by atoms with E-state index in [9.17, 15) is 50.4 Å². The third kappa shape index (κ3) is 16.2. The van der Waals surface area contributed by atoms with E-state index in [1.54, 1.807) is 27.7 Å². The molecule has 0 saturated carbocycles. The average Bonchev–Trinajstić information content (AvgIpc) is 3.94. The van der Waals surface area contributed by atoms with Crippen molar-refractivity contribution in [3.05, 3.63) is 11.6 Å². The molecule has 1 fully saturated rings. The summed E-state index contributed by atoms with van der Waals surface area (Å²) in [6.45, 7) is 7.07. The van der Waals surface area contributed by atoms with Crippen molar-refractivity contribution in [3.63, 3.8) is 0 Å². The number of primary sulfonamides is 1. The highest BCUT2D eigenvalue weighted by Gasteiger charge is 2.43. The number of carboxylic acids is 1. The predicted molar refractivity (Wildman–Crippen MR) is 237 cm³/mol. The fraction of sp³-hybridized carbons (Fsp3) is 0.667. The zero-order chi connectivity index (χ0) is 50.4. The molecular formula is C39H56N6O19S4. The van der Waals surface area contributed by atoms with Crippen molar-refractivity contribution < 1.29 is 88.7 Å². The van der Waals surface area contributed by atoms with Crippen molar-refractivity contribution >= 4 is 90.6 Å². The van der Waals surface area contributed by atoms with E-state index in [4.69, 9.17) is 43.4 Å². The number of sulfonamides is 1. The number of nitrogens with zero attached hydrogens (tertiary/aromatic N) is 5. The van der Waals surface area contributed by atoms with Gasteiger partial charge in [0.2, 0.25) is 22.6 Å². The number of carbonyl (C=O) groups is 7. The monoisotopic (exact) mass is 1040 g/mol. The van der Waals surface area contributed by atoms with Crippen LogP contribution in [0.3, 0.4) is 0 Å². The van der Waals surface area contributed by atoms with E-state index in [1.165, 1.54) is 16.7 Å². The summed E-state index contributed by atoms with van der Waals surface area (Å²) in [5.74, 6) is -4.69. The molecule has 2 aliphatic heterocycles. The maximum Gasteiger partial charge on any atom is 0.413 e. The summed E-state index contributed by atoms with van der Waals surface area (Å²) in [7, 11) is -8.15. The Balaban J connectivity index is 1.28. The molecule has 0 unspecified atom stereocenters. The van der Waals surface area contributed by atoms with E-state index in [0.29, 0.717) is 43.5 Å². The summed E-state index contributed by atoms with van der Waals surface area (Å²) in [6, 6.07) is 0.236. The minimum atomic E-state index is -4.25. The van der Waals surface area contributed by atoms with Gasteiger partial charge in [-0.15, -0.1) is 15.7 Å². The van der Waals surface area contributed by atoms with Crippen LogP contribution in [0.1, 0.15) is 91.2 Å². The van der Waals surface area contributed by atoms with E-state index >= 15 is 0 Å². The fourth-order valence-corrected chi connectivity index (χ4v) is 11.7. The topological polar surface area (TPSA) is 334 Å². The van der Waals surface area contributed by atoms with Gasteiger partial charge in [-0.05, 0) is 59.9 Å². The molecule has 29 heteroatoms. The third-order valence-corrected chi connectivity index (χ3v) is 16.1. The van der Waals surface area contributed by atoms with E-state index in [2.05, 4.69) is 8.75 Å². The molecular weight excluding hydrogens is 985 g/mol. The first-order valence-corrected chi connectivity index (χ1v) is 25.9. The zero-order valence-electron chi connectivity index (χ0n) is 38.1. The number of thiophene rings is 1. The van der Waals surface area contributed by atoms with Crippen molar-refractivity contribution in [2.24, 2.45) is 5.14 Å². The number of carboxylic acid groups (broad SMARTS) is 1. The van der Waals surface area contributed by atoms with Crippen LogP contribution in [0.4, 0.5) is 10.6 Å². The maximum absolute atomic E-state index is 13.6. The average molecular weight is 1040 g/mol. The van der Waals surface area contributed by atoms with Gasteiger partial charge >= 0.3 is 35.9 Å². The number of anilines is 1. The van der Waals surface area contributed by atoms with Crippen LogP contribution in [0.5, 0.6) is 5.88 Å². The van der Waals surface area contributed by atoms with Gasteiger partial charge in [0.05, 0.1) is 42.8 Å². The maximum atomic E-state index is 13.6. The number of ether oxygens (including phenoxy) is 7. The summed E-state index contributed by atoms with van der Waals surface area (Å²) in [5.41, 5.74) is -0.857. The molecule has 3 atom stereocenters. The van der Waals surface area contributed by atoms with Gasteiger partial charge in [-0.3, -0.25) is 24.0 Å². The number of hydrogen-bond acceptors (Lipinski definition) is 23. The molecule has 4 rings (SSSR count). The van der Waals surface area contributed by atoms with Gasteiger partial charge in [0.1, 0.15) is 15.0 Å². The Morgan fingerprint density at radius 1 is 0.941 bits per heavy atom. The van der Waals surface area contributed by atoms with Gasteiger partial charge in [-0.1, -0.05) is 0 Å². The number of esters is 4. The van der Waals surface area contributed by atoms with Crippen LogP contribution in [0, 0.1) is 0 Å². The summed E-state index contributed by atoms with van der Waals surface area (Å²) >= 11 is 1.39. The zero-order valence-corrected chi connectivity index (χ0v) is 41.3. The van der Waals surface area contributed by atoms with Crippen molar-refractivity contribution in [1.82, 2.24) is 18.5 Å². The van der Waals surface area contributed by atoms with Gasteiger partial charge in [-0.25, -0.2) is 31.6 Å². The number of aliphatic carboxylic acids is 1. The molecule has 3 N–H and O–H groups in total. The molecule has 2 aromatic rings. The second-order valence-corrected chi connectivity index (χ2v) is 22.2. The standard InChI is InChI=1S/C39H56N6O19S4/c1-6-44(27-17-24(2)67(54,55)37-26(27)18-34(65-37)68(40,56)57)38(53)63-23-62-32(51)12-8-11-30(49)59-21-28(46)45(39(3,4)5)19-25(64-33(52)22-60-31(50)10-7-9-29(47)48)20-61-36-35(41-66-42-36)43-13-15-58-16-14-43/h18,24-25,27H,6-17,19-23H2,1-5H3,(H,47,48)(H2,40,56,57)/t24-,25-,27-/m0/s1. The number of nitrogens with two attached hydrogens (primary N) is 1. The Hall–Kier alpha value is -5.23. The van der Waals surface area contributed by atoms with Crippen molar-refractivity contribution in [2.75, 3.05) is 70.9 Å². The SMILES string of the molecule is CCN(C(=O)OCOC(=O)CCCC(=O)OCC(=O)N(C[C@@H](COc1nsnc1N1CCOCC1)OC(=O)COC(=O)CCCC(=O)O)C(C)(C)C)[C@H]1C[C@H](C)S(=O)(=O)c2sc(S(N)(=O)=O)cc21. The summed E-state index contributed by atoms with van der Waals surface area (Å²) < 4.78 is 95.2. The molecule has 0 radical (unpaired) electrons. The first-order valence-electron chi connectivity index (χ1n) is 21.2. The number of carbonyl (C=O) groups excluding carboxylic acids is 6. The molecule has 0 bridgehead atoms. The van der Waals surface area contributed by atoms with Crippen molar-refractivity contribution in [2.45, 2.75) is 111 Å². The highest BCUT2D eigenvalue weighted by Crippen LogP contribution is 2.45. The number of rotatable bonds is 24. The highest BCUT2D eigenvalue weighted by molar-refractivity contribution is 7.95. The lowest BCUT2D eigenvalue weighted by Crippen LogP contribution is -2.52. The largest absolute Gasteiger partial charge is 0.481 e. The van der Waals surface area contributed by atoms with Gasteiger partial charge in [0.15, 0.2) is 29.2 Å². The second kappa shape index (κ2) is 24.9. The Kier molecular flexibility index (Phi) is 20.3. The molecule has 2 amide bonds. The number of amides is 2. The van der Waals surface area contributed by atoms with Crippen molar-refractivity contribution in [1.29, 1.82) is 0 Å². The molecule has 380 valence electrons. The van der Waals surface area contributed by atoms with Gasteiger partial charge in [0.25, 0.3) is 11.8 Å². The predicted octanol–water partition coefficient (Wildman–Crippen LogP) is 1.78. The lowest BCUT2D eigenvalue weighted by atomic mass is 10.0. The van der Waals surface area contributed by atoms with E-state index in [1.807, 2.05) is 4.90 Å². The van der Waals surface area contributed by atoms with Gasteiger partial charge < -0.3 is 53.0 Å². The molecule has 0 aliphatic carbocycles. The van der Waals surface area contributed by atoms with E-state index < -0.39 is 105 Å². The van der Waals surface area contributed by atoms with Crippen LogP contribution in [-0.2, 0) is 77.0 Å². The fourth-order valence-electron chi connectivity index (χ4n) is 6.75. The number of sulfone groups is 1. The summed E-state index contributed by atoms with van der Waals surface area (Å²) in [5, 5.41) is 13.1. The summed E-state index contributed by atoms with van der Waals surface area (Å²) in [4.78, 5) is 91.9. The molecule has 68 heavy (non-hydrogen) atoms. The molecule has 4 heterocycles. The third-order valence-electron chi connectivity index (χ3n) is 10.2. The van der Waals surface area contributed by atoms with Crippen LogP contribution in [-0.4, -0.2) is 165 Å². The van der Waals surface area contributed by atoms with Crippen LogP contribution in [0.25, 0.3) is 0 Å². The van der Waals surface area contributed by atoms with Crippen LogP contribution in [0.2, 0.25) is 0 Å². The molecule has 25 nitrogen and oxygen atoms in total. The lowest BCUT2D eigenvalue weighted by Gasteiger charge is -2.37. The Morgan fingerprint density at radius 3 is 2.16 bits per heavy atom. The Morgan fingerprint density at radius 2 is 1.56 bits per heavy atom. The number of aromatic nitrogens is 2. The molecule has 0 aromatic carbocycles. The van der Waals surface area contributed by atoms with Crippen LogP contribution in [0.15, 0.2) is 14.5 Å². The first-order chi connectivity index (χ1) is 31.9. The number of hydrogen-bond donors (Lipinski definition) is 2. The molecule has 1 saturated heterocycles. The van der Waals surface area contributed by atoms with Crippen molar-refractivity contribution in [3.8, 4) is 5.88 Å². The Labute approximate surface area is 400 Å². The van der Waals surface area contributed by atoms with E-state index in [0.717, 1.165) is 17.8 Å². The first kappa shape index (κ1) is 55.4. The number of morpholine rings is 1. The molecule has 2 aromatic heterocycles. The van der Waals surface area contributed by atoms with Crippen LogP contribution < -0.4 is 14.8 Å². The normalized spacial score (nSPS) is 17.2. The quantitative estimate of drug-likeness (QED) is 0.0859.